The van der Waals surface area contributed by atoms with Gasteiger partial charge in [-0.3, -0.25) is 24.1 Å². The van der Waals surface area contributed by atoms with Gasteiger partial charge in [0.1, 0.15) is 6.73 Å². The summed E-state index contributed by atoms with van der Waals surface area (Å²) in [6.07, 6.45) is 92.9. The molecule has 11 rings (SSSR count). The van der Waals surface area contributed by atoms with Gasteiger partial charge in [0.25, 0.3) is 23.6 Å². The van der Waals surface area contributed by atoms with Crippen LogP contribution in [-0.4, -0.2) is 53.3 Å². The normalized spacial score (nSPS) is 14.1. The second kappa shape index (κ2) is 58.5. The molecule has 2 aliphatic heterocycles. The minimum absolute atomic E-state index is 0.0776. The van der Waals surface area contributed by atoms with Gasteiger partial charge in [0, 0.05) is 90.5 Å². The standard InChI is InChI=1S/C119H180N2O5S4/c1-9-15-20-25-30-35-40-44-48-52-56-61-66-71-80-118(81-72-67-62-57-53-49-45-41-36-31-26-21-16-10-2)99-88-95-100(87-94(99)112-101(118)89-106(129-112)104-77-76-93(8)127-104)119(82-73-68-63-58-54-50-46-42-37-32-27-22-17-11-3,83-74-69-64-59-55-51-47-43-38-33-28-23-18-12-4)102-90-107(130-113(95)102)105-79-78-103(128-105)96-86-98-109-108(92(7)85-97-110(109)111(96)117(125)120(14-6)114(97)122)116(124)121(115(98)123)91-126-84-75-70-65-60-39-34-29-24-19-13-5/h76-79,85-90H,9-75,80-84,91H2,1-8H3. The summed E-state index contributed by atoms with van der Waals surface area (Å²) in [7, 11) is 0. The van der Waals surface area contributed by atoms with Gasteiger partial charge in [-0.15, -0.1) is 45.3 Å². The number of imide groups is 2. The largest absolute Gasteiger partial charge is 0.361 e. The van der Waals surface area contributed by atoms with Gasteiger partial charge in [-0.1, -0.05) is 452 Å². The van der Waals surface area contributed by atoms with Crippen molar-refractivity contribution < 1.29 is 23.9 Å². The molecule has 4 amide bonds. The summed E-state index contributed by atoms with van der Waals surface area (Å²) >= 11 is 7.84. The Morgan fingerprint density at radius 3 is 0.885 bits per heavy atom. The third-order valence-corrected chi connectivity index (χ3v) is 35.6. The molecule has 11 heteroatoms. The van der Waals surface area contributed by atoms with E-state index in [2.05, 4.69) is 101 Å². The SMILES string of the molecule is CCCCCCCCCCCCCCCCC1(CCCCCCCCCCCCCCCC)c2cc3c(cc2-c2sc(-c4ccc(C)s4)cc21)C(CCCCCCCCCCCCCCCC)(CCCCCCCCCCCCCCCC)c1cc(-c2ccc(-c4cc5c6c(c(C)cc7c6c4C(=O)N(CC)C7=O)C(=O)N(COCCCCCCCCCCCC)C5=O)s2)sc1-3. The van der Waals surface area contributed by atoms with Gasteiger partial charge >= 0.3 is 0 Å². The second-order valence-corrected chi connectivity index (χ2v) is 45.6. The zero-order valence-electron chi connectivity index (χ0n) is 84.0. The molecule has 0 unspecified atom stereocenters. The summed E-state index contributed by atoms with van der Waals surface area (Å²) in [4.78, 5) is 73.7. The molecule has 0 atom stereocenters. The molecule has 0 saturated carbocycles. The Hall–Kier alpha value is -5.04. The Kier molecular flexibility index (Phi) is 47.5. The third-order valence-electron chi connectivity index (χ3n) is 30.7. The van der Waals surface area contributed by atoms with Crippen molar-refractivity contribution in [1.29, 1.82) is 0 Å². The van der Waals surface area contributed by atoms with Gasteiger partial charge in [-0.2, -0.15) is 0 Å². The highest BCUT2D eigenvalue weighted by Gasteiger charge is 2.50. The lowest BCUT2D eigenvalue weighted by Gasteiger charge is -2.34. The van der Waals surface area contributed by atoms with E-state index in [-0.39, 0.29) is 35.9 Å². The molecule has 0 fully saturated rings. The maximum absolute atomic E-state index is 15.4. The van der Waals surface area contributed by atoms with E-state index in [0.717, 1.165) is 41.9 Å². The second-order valence-electron chi connectivity index (χ2n) is 41.1. The van der Waals surface area contributed by atoms with Gasteiger partial charge in [-0.25, -0.2) is 4.90 Å². The lowest BCUT2D eigenvalue weighted by atomic mass is 9.68. The summed E-state index contributed by atoms with van der Waals surface area (Å²) in [5, 5.41) is 0.859. The predicted octanol–water partition coefficient (Wildman–Crippen LogP) is 39.8. The van der Waals surface area contributed by atoms with Gasteiger partial charge in [0.2, 0.25) is 0 Å². The summed E-state index contributed by atoms with van der Waals surface area (Å²) in [6.45, 7) is 18.1. The van der Waals surface area contributed by atoms with Crippen molar-refractivity contribution in [2.45, 2.75) is 516 Å². The number of hydrogen-bond donors (Lipinski definition) is 0. The molecule has 0 radical (unpaired) electrons. The predicted molar refractivity (Wildman–Crippen MR) is 568 cm³/mol. The molecule has 2 aliphatic carbocycles. The number of nitrogens with zero attached hydrogens (tertiary/aromatic N) is 2. The Balaban J connectivity index is 0.952. The zero-order chi connectivity index (χ0) is 91.4. The van der Waals surface area contributed by atoms with E-state index in [1.807, 2.05) is 42.6 Å². The number of benzene rings is 3. The summed E-state index contributed by atoms with van der Waals surface area (Å²) in [5.74, 6) is -1.63. The first-order valence-electron chi connectivity index (χ1n) is 55.5. The number of hydrogen-bond acceptors (Lipinski definition) is 9. The lowest BCUT2D eigenvalue weighted by Crippen LogP contribution is -2.44. The molecule has 130 heavy (non-hydrogen) atoms. The summed E-state index contributed by atoms with van der Waals surface area (Å²) in [6, 6.07) is 24.1. The highest BCUT2D eigenvalue weighted by molar-refractivity contribution is 7.25. The number of carbonyl (C=O) groups is 4. The molecule has 0 N–H and O–H groups in total. The van der Waals surface area contributed by atoms with Crippen LogP contribution in [0, 0.1) is 13.8 Å². The van der Waals surface area contributed by atoms with E-state index < -0.39 is 11.8 Å². The molecule has 0 bridgehead atoms. The van der Waals surface area contributed by atoms with Crippen LogP contribution in [0.5, 0.6) is 0 Å². The summed E-state index contributed by atoms with van der Waals surface area (Å²) in [5.41, 5.74) is 12.0. The number of unbranched alkanes of at least 4 members (excludes halogenated alkanes) is 61. The number of thiophene rings is 4. The fourth-order valence-electron chi connectivity index (χ4n) is 23.0. The van der Waals surface area contributed by atoms with Crippen molar-refractivity contribution in [3.63, 3.8) is 0 Å². The monoisotopic (exact) mass is 1850 g/mol. The van der Waals surface area contributed by atoms with E-state index >= 15 is 9.59 Å². The van der Waals surface area contributed by atoms with Gasteiger partial charge in [-0.05, 0) is 152 Å². The molecular weight excluding hydrogens is 1670 g/mol. The first kappa shape index (κ1) is 105. The highest BCUT2D eigenvalue weighted by atomic mass is 32.1. The van der Waals surface area contributed by atoms with Crippen molar-refractivity contribution in [3.05, 3.63) is 116 Å². The number of amides is 4. The average Bonchev–Trinajstić information content (AvgIpc) is 1.39. The maximum atomic E-state index is 15.4. The van der Waals surface area contributed by atoms with E-state index in [0.29, 0.717) is 50.8 Å². The number of fused-ring (bicyclic) bond motifs is 6. The van der Waals surface area contributed by atoms with Gasteiger partial charge in [0.15, 0.2) is 0 Å². The number of ether oxygens (including phenoxy) is 1. The molecular formula is C119H180N2O5S4. The molecule has 6 heterocycles. The van der Waals surface area contributed by atoms with Crippen LogP contribution in [0.3, 0.4) is 0 Å². The van der Waals surface area contributed by atoms with E-state index in [4.69, 9.17) is 4.74 Å². The highest BCUT2D eigenvalue weighted by Crippen LogP contribution is 2.65. The first-order chi connectivity index (χ1) is 63.9. The smallest absolute Gasteiger partial charge is 0.263 e. The van der Waals surface area contributed by atoms with Crippen LogP contribution in [0.4, 0.5) is 0 Å². The Morgan fingerprint density at radius 2 is 0.546 bits per heavy atom. The van der Waals surface area contributed by atoms with E-state index in [1.165, 1.54) is 457 Å². The average molecular weight is 1850 g/mol. The van der Waals surface area contributed by atoms with Crippen LogP contribution in [0.25, 0.3) is 61.6 Å². The molecule has 4 aliphatic rings. The van der Waals surface area contributed by atoms with Crippen molar-refractivity contribution in [3.8, 4) is 50.8 Å². The fraction of sp³-hybridized carbons (Fsp3) is 0.697. The molecule has 7 aromatic rings. The number of aryl methyl sites for hydroxylation is 2. The topological polar surface area (TPSA) is 84.0 Å². The maximum Gasteiger partial charge on any atom is 0.263 e. The molecule has 3 aromatic carbocycles. The van der Waals surface area contributed by atoms with Crippen LogP contribution >= 0.6 is 45.3 Å². The van der Waals surface area contributed by atoms with Crippen LogP contribution in [-0.2, 0) is 15.6 Å². The molecule has 7 nitrogen and oxygen atoms in total. The third kappa shape index (κ3) is 29.5. The first-order valence-corrected chi connectivity index (χ1v) is 58.8. The number of carbonyl (C=O) groups excluding carboxylic acids is 4. The van der Waals surface area contributed by atoms with Crippen LogP contribution in [0.1, 0.15) is 565 Å². The lowest BCUT2D eigenvalue weighted by molar-refractivity contribution is 0.0208. The minimum Gasteiger partial charge on any atom is -0.361 e. The molecule has 0 spiro atoms. The molecule has 4 aromatic heterocycles. The van der Waals surface area contributed by atoms with Crippen molar-refractivity contribution >= 4 is 79.7 Å². The number of rotatable bonds is 77. The Bertz CT molecular complexity index is 4420. The van der Waals surface area contributed by atoms with Crippen molar-refractivity contribution in [1.82, 2.24) is 9.80 Å². The van der Waals surface area contributed by atoms with Crippen molar-refractivity contribution in [2.24, 2.45) is 0 Å². The van der Waals surface area contributed by atoms with Crippen molar-refractivity contribution in [2.75, 3.05) is 19.9 Å². The molecule has 0 saturated heterocycles. The molecule has 720 valence electrons. The van der Waals surface area contributed by atoms with E-state index in [9.17, 15) is 9.59 Å². The van der Waals surface area contributed by atoms with E-state index in [1.54, 1.807) is 50.1 Å². The fourth-order valence-corrected chi connectivity index (χ4v) is 27.6. The quantitative estimate of drug-likeness (QED) is 0.0280. The minimum atomic E-state index is -0.440. The van der Waals surface area contributed by atoms with Crippen LogP contribution in [0.2, 0.25) is 0 Å². The van der Waals surface area contributed by atoms with Crippen LogP contribution < -0.4 is 0 Å². The Labute approximate surface area is 809 Å². The van der Waals surface area contributed by atoms with Crippen LogP contribution in [0.15, 0.2) is 60.7 Å². The Morgan fingerprint density at radius 1 is 0.254 bits per heavy atom. The van der Waals surface area contributed by atoms with Gasteiger partial charge < -0.3 is 4.74 Å². The summed E-state index contributed by atoms with van der Waals surface area (Å²) < 4.78 is 6.27. The van der Waals surface area contributed by atoms with Gasteiger partial charge in [0.05, 0.1) is 11.1 Å². The zero-order valence-corrected chi connectivity index (χ0v) is 87.2.